The smallest absolute Gasteiger partial charge is 0.283 e. The molecule has 0 aliphatic carbocycles. The first-order valence-corrected chi connectivity index (χ1v) is 7.68. The zero-order valence-electron chi connectivity index (χ0n) is 11.6. The molecule has 1 aromatic rings. The number of allylic oxidation sites excluding steroid dienone is 1. The van der Waals surface area contributed by atoms with Gasteiger partial charge in [0.2, 0.25) is 0 Å². The third-order valence-corrected chi connectivity index (χ3v) is 4.36. The van der Waals surface area contributed by atoms with Crippen molar-refractivity contribution in [2.45, 2.75) is 32.4 Å². The standard InChI is InChI=1S/C14H20BrN3O2/c1-3-6-18-14(19)13(15)11(9-17-18)16-8-10-5-7-20-12(10)4-2/h3,9-10,12,16H,1,4-8H2,2H3. The van der Waals surface area contributed by atoms with Crippen LogP contribution in [0.4, 0.5) is 5.69 Å². The van der Waals surface area contributed by atoms with E-state index >= 15 is 0 Å². The van der Waals surface area contributed by atoms with Crippen molar-refractivity contribution < 1.29 is 4.74 Å². The van der Waals surface area contributed by atoms with E-state index < -0.39 is 0 Å². The van der Waals surface area contributed by atoms with Crippen LogP contribution in [0.1, 0.15) is 19.8 Å². The minimum absolute atomic E-state index is 0.149. The average Bonchev–Trinajstić information content (AvgIpc) is 2.91. The molecule has 20 heavy (non-hydrogen) atoms. The normalized spacial score (nSPS) is 21.9. The van der Waals surface area contributed by atoms with Crippen molar-refractivity contribution >= 4 is 21.6 Å². The summed E-state index contributed by atoms with van der Waals surface area (Å²) in [6.07, 6.45) is 5.72. The van der Waals surface area contributed by atoms with Crippen LogP contribution in [-0.2, 0) is 11.3 Å². The maximum absolute atomic E-state index is 12.0. The van der Waals surface area contributed by atoms with E-state index in [1.807, 2.05) is 0 Å². The summed E-state index contributed by atoms with van der Waals surface area (Å²) in [5, 5.41) is 7.42. The number of nitrogens with zero attached hydrogens (tertiary/aromatic N) is 2. The molecule has 6 heteroatoms. The van der Waals surface area contributed by atoms with E-state index in [9.17, 15) is 4.79 Å². The van der Waals surface area contributed by atoms with E-state index in [2.05, 4.69) is 39.8 Å². The molecular weight excluding hydrogens is 322 g/mol. The van der Waals surface area contributed by atoms with Gasteiger partial charge in [-0.2, -0.15) is 5.10 Å². The van der Waals surface area contributed by atoms with Crippen LogP contribution in [0, 0.1) is 5.92 Å². The summed E-state index contributed by atoms with van der Waals surface area (Å²) < 4.78 is 7.55. The van der Waals surface area contributed by atoms with Crippen LogP contribution in [0.3, 0.4) is 0 Å². The van der Waals surface area contributed by atoms with Crippen LogP contribution in [0.15, 0.2) is 28.1 Å². The van der Waals surface area contributed by atoms with E-state index in [4.69, 9.17) is 4.74 Å². The number of halogens is 1. The van der Waals surface area contributed by atoms with Crippen LogP contribution in [0.2, 0.25) is 0 Å². The molecule has 110 valence electrons. The highest BCUT2D eigenvalue weighted by Crippen LogP contribution is 2.25. The van der Waals surface area contributed by atoms with Gasteiger partial charge in [0.25, 0.3) is 5.56 Å². The summed E-state index contributed by atoms with van der Waals surface area (Å²) in [4.78, 5) is 12.0. The maximum atomic E-state index is 12.0. The molecule has 1 N–H and O–H groups in total. The van der Waals surface area contributed by atoms with Gasteiger partial charge in [-0.1, -0.05) is 13.0 Å². The van der Waals surface area contributed by atoms with Crippen molar-refractivity contribution in [1.29, 1.82) is 0 Å². The lowest BCUT2D eigenvalue weighted by atomic mass is 10.00. The van der Waals surface area contributed by atoms with Gasteiger partial charge >= 0.3 is 0 Å². The molecule has 2 rings (SSSR count). The summed E-state index contributed by atoms with van der Waals surface area (Å²) in [5.74, 6) is 0.488. The monoisotopic (exact) mass is 341 g/mol. The van der Waals surface area contributed by atoms with Crippen molar-refractivity contribution in [3.8, 4) is 0 Å². The second kappa shape index (κ2) is 7.04. The first-order valence-electron chi connectivity index (χ1n) is 6.89. The van der Waals surface area contributed by atoms with Crippen LogP contribution in [0.5, 0.6) is 0 Å². The summed E-state index contributed by atoms with van der Waals surface area (Å²) in [5.41, 5.74) is 0.585. The number of ether oxygens (including phenoxy) is 1. The molecule has 5 nitrogen and oxygen atoms in total. The molecule has 2 heterocycles. The number of aromatic nitrogens is 2. The largest absolute Gasteiger partial charge is 0.382 e. The number of nitrogens with one attached hydrogen (secondary N) is 1. The number of rotatable bonds is 6. The van der Waals surface area contributed by atoms with Gasteiger partial charge in [0.1, 0.15) is 4.47 Å². The minimum atomic E-state index is -0.149. The van der Waals surface area contributed by atoms with Gasteiger partial charge in [0.15, 0.2) is 0 Å². The van der Waals surface area contributed by atoms with Crippen LogP contribution in [0.25, 0.3) is 0 Å². The first kappa shape index (κ1) is 15.3. The van der Waals surface area contributed by atoms with Gasteiger partial charge in [-0.05, 0) is 28.8 Å². The molecule has 2 atom stereocenters. The third kappa shape index (κ3) is 3.30. The van der Waals surface area contributed by atoms with Gasteiger partial charge < -0.3 is 10.1 Å². The lowest BCUT2D eigenvalue weighted by Crippen LogP contribution is -2.26. The van der Waals surface area contributed by atoms with Crippen LogP contribution in [-0.4, -0.2) is 29.0 Å². The summed E-state index contributed by atoms with van der Waals surface area (Å²) >= 11 is 3.34. The molecule has 1 aliphatic rings. The Morgan fingerprint density at radius 3 is 3.20 bits per heavy atom. The van der Waals surface area contributed by atoms with Gasteiger partial charge in [-0.25, -0.2) is 4.68 Å². The second-order valence-corrected chi connectivity index (χ2v) is 5.69. The van der Waals surface area contributed by atoms with Crippen molar-refractivity contribution in [3.05, 3.63) is 33.7 Å². The third-order valence-electron chi connectivity index (χ3n) is 3.59. The molecule has 0 bridgehead atoms. The van der Waals surface area contributed by atoms with Crippen molar-refractivity contribution in [2.24, 2.45) is 5.92 Å². The summed E-state index contributed by atoms with van der Waals surface area (Å²) in [7, 11) is 0. The number of hydrogen-bond acceptors (Lipinski definition) is 4. The fraction of sp³-hybridized carbons (Fsp3) is 0.571. The van der Waals surface area contributed by atoms with Crippen LogP contribution < -0.4 is 10.9 Å². The van der Waals surface area contributed by atoms with Gasteiger partial charge in [-0.15, -0.1) is 6.58 Å². The van der Waals surface area contributed by atoms with E-state index in [-0.39, 0.29) is 5.56 Å². The lowest BCUT2D eigenvalue weighted by molar-refractivity contribution is 0.0900. The van der Waals surface area contributed by atoms with Crippen molar-refractivity contribution in [2.75, 3.05) is 18.5 Å². The Labute approximate surface area is 127 Å². The zero-order chi connectivity index (χ0) is 14.5. The van der Waals surface area contributed by atoms with Crippen LogP contribution >= 0.6 is 15.9 Å². The quantitative estimate of drug-likeness (QED) is 0.807. The highest BCUT2D eigenvalue weighted by atomic mass is 79.9. The van der Waals surface area contributed by atoms with Crippen molar-refractivity contribution in [1.82, 2.24) is 9.78 Å². The molecule has 1 aliphatic heterocycles. The molecule has 0 saturated carbocycles. The Hall–Kier alpha value is -1.14. The fourth-order valence-corrected chi connectivity index (χ4v) is 2.91. The van der Waals surface area contributed by atoms with E-state index in [0.29, 0.717) is 23.0 Å². The molecule has 1 aromatic heterocycles. The highest BCUT2D eigenvalue weighted by molar-refractivity contribution is 9.10. The molecule has 0 spiro atoms. The molecule has 2 unspecified atom stereocenters. The van der Waals surface area contributed by atoms with Crippen molar-refractivity contribution in [3.63, 3.8) is 0 Å². The van der Waals surface area contributed by atoms with Gasteiger partial charge in [0, 0.05) is 19.1 Å². The van der Waals surface area contributed by atoms with Gasteiger partial charge in [0.05, 0.1) is 24.5 Å². The first-order chi connectivity index (χ1) is 9.67. The maximum Gasteiger partial charge on any atom is 0.283 e. The lowest BCUT2D eigenvalue weighted by Gasteiger charge is -2.18. The summed E-state index contributed by atoms with van der Waals surface area (Å²) in [6.45, 7) is 7.78. The Morgan fingerprint density at radius 1 is 1.70 bits per heavy atom. The molecule has 0 radical (unpaired) electrons. The Bertz CT molecular complexity index is 530. The number of anilines is 1. The Morgan fingerprint density at radius 2 is 2.50 bits per heavy atom. The molecule has 0 aromatic carbocycles. The van der Waals surface area contributed by atoms with E-state index in [1.54, 1.807) is 12.3 Å². The molecule has 1 fully saturated rings. The average molecular weight is 342 g/mol. The SMILES string of the molecule is C=CCn1ncc(NCC2CCOC2CC)c(Br)c1=O. The minimum Gasteiger partial charge on any atom is -0.382 e. The van der Waals surface area contributed by atoms with E-state index in [1.165, 1.54) is 4.68 Å². The predicted molar refractivity (Wildman–Crippen MR) is 83.0 cm³/mol. The topological polar surface area (TPSA) is 56.1 Å². The zero-order valence-corrected chi connectivity index (χ0v) is 13.2. The molecule has 0 amide bonds. The second-order valence-electron chi connectivity index (χ2n) is 4.90. The fourth-order valence-electron chi connectivity index (χ4n) is 2.46. The highest BCUT2D eigenvalue weighted by Gasteiger charge is 2.26. The van der Waals surface area contributed by atoms with E-state index in [0.717, 1.165) is 31.7 Å². The summed E-state index contributed by atoms with van der Waals surface area (Å²) in [6, 6.07) is 0. The molecular formula is C14H20BrN3O2. The molecule has 1 saturated heterocycles. The Kier molecular flexibility index (Phi) is 5.37. The predicted octanol–water partition coefficient (Wildman–Crippen LogP) is 2.42. The Balaban J connectivity index is 2.05. The number of hydrogen-bond donors (Lipinski definition) is 1. The van der Waals surface area contributed by atoms with Gasteiger partial charge in [-0.3, -0.25) is 4.79 Å².